The van der Waals surface area contributed by atoms with E-state index in [4.69, 9.17) is 14.1 Å². The van der Waals surface area contributed by atoms with Gasteiger partial charge in [0.1, 0.15) is 16.9 Å². The molecule has 0 radical (unpaired) electrons. The molecule has 3 nitrogen and oxygen atoms in total. The molecular weight excluding hydrogens is 251 g/mol. The Morgan fingerprint density at radius 1 is 0.850 bits per heavy atom. The van der Waals surface area contributed by atoms with E-state index in [-0.39, 0.29) is 7.69 Å². The summed E-state index contributed by atoms with van der Waals surface area (Å²) in [7, 11) is -0.351. The van der Waals surface area contributed by atoms with Crippen molar-refractivity contribution < 1.29 is 14.1 Å². The molecule has 0 aliphatic rings. The summed E-state index contributed by atoms with van der Waals surface area (Å²) in [5.74, 6) is 0.634. The highest BCUT2D eigenvalue weighted by molar-refractivity contribution is 6.22. The van der Waals surface area contributed by atoms with Crippen LogP contribution in [-0.4, -0.2) is 12.7 Å². The lowest BCUT2D eigenvalue weighted by Crippen LogP contribution is -2.00. The zero-order chi connectivity index (χ0) is 13.5. The second kappa shape index (κ2) is 4.29. The van der Waals surface area contributed by atoms with E-state index in [2.05, 4.69) is 6.07 Å². The topological polar surface area (TPSA) is 42.6 Å². The van der Waals surface area contributed by atoms with Crippen LogP contribution in [0.5, 0.6) is 5.75 Å². The molecule has 4 heteroatoms. The fourth-order valence-corrected chi connectivity index (χ4v) is 2.75. The third-order valence-electron chi connectivity index (χ3n) is 3.57. The summed E-state index contributed by atoms with van der Waals surface area (Å²) < 4.78 is 11.2. The van der Waals surface area contributed by atoms with E-state index in [9.17, 15) is 0 Å². The van der Waals surface area contributed by atoms with Crippen molar-refractivity contribution >= 4 is 40.4 Å². The monoisotopic (exact) mass is 262 g/mol. The van der Waals surface area contributed by atoms with Crippen LogP contribution in [0.2, 0.25) is 0 Å². The first-order valence-corrected chi connectivity index (χ1v) is 6.45. The van der Waals surface area contributed by atoms with Crippen LogP contribution in [0, 0.1) is 0 Å². The van der Waals surface area contributed by atoms with Gasteiger partial charge in [0, 0.05) is 22.2 Å². The Balaban J connectivity index is 2.24. The highest BCUT2D eigenvalue weighted by Gasteiger charge is 2.13. The lowest BCUT2D eigenvalue weighted by Gasteiger charge is -2.07. The zero-order valence-electron chi connectivity index (χ0n) is 10.7. The van der Waals surface area contributed by atoms with Gasteiger partial charge in [0.05, 0.1) is 0 Å². The Bertz CT molecular complexity index is 927. The first-order valence-electron chi connectivity index (χ1n) is 6.45. The minimum Gasteiger partial charge on any atom is -0.538 e. The number of fused-ring (bicyclic) bond motifs is 5. The molecule has 4 aromatic rings. The predicted molar refractivity (Wildman–Crippen MR) is 81.2 cm³/mol. The van der Waals surface area contributed by atoms with Crippen LogP contribution in [-0.2, 0) is 0 Å². The molecule has 96 valence electrons. The molecule has 0 amide bonds. The summed E-state index contributed by atoms with van der Waals surface area (Å²) in [6.07, 6.45) is 0. The molecule has 0 spiro atoms. The number of hydrogen-bond donors (Lipinski definition) is 1. The van der Waals surface area contributed by atoms with Gasteiger partial charge in [-0.1, -0.05) is 42.5 Å². The van der Waals surface area contributed by atoms with Crippen LogP contribution in [0.3, 0.4) is 0 Å². The van der Waals surface area contributed by atoms with Crippen molar-refractivity contribution in [3.63, 3.8) is 0 Å². The number of hydrogen-bond acceptors (Lipinski definition) is 3. The average Bonchev–Trinajstić information content (AvgIpc) is 2.86. The molecule has 0 unspecified atom stereocenters. The molecule has 20 heavy (non-hydrogen) atoms. The van der Waals surface area contributed by atoms with E-state index in [1.807, 2.05) is 48.5 Å². The van der Waals surface area contributed by atoms with Crippen LogP contribution < -0.4 is 4.65 Å². The first kappa shape index (κ1) is 11.4. The summed E-state index contributed by atoms with van der Waals surface area (Å²) in [5, 5.41) is 13.3. The molecule has 0 aliphatic carbocycles. The lowest BCUT2D eigenvalue weighted by atomic mass is 10.0. The van der Waals surface area contributed by atoms with Gasteiger partial charge in [0.25, 0.3) is 0 Å². The fourth-order valence-electron chi connectivity index (χ4n) is 2.75. The van der Waals surface area contributed by atoms with Crippen LogP contribution in [0.25, 0.3) is 32.7 Å². The Morgan fingerprint density at radius 2 is 1.55 bits per heavy atom. The van der Waals surface area contributed by atoms with Gasteiger partial charge in [-0.15, -0.1) is 0 Å². The normalized spacial score (nSPS) is 11.2. The molecule has 4 rings (SSSR count). The fraction of sp³-hybridized carbons (Fsp3) is 0. The second-order valence-corrected chi connectivity index (χ2v) is 4.67. The van der Waals surface area contributed by atoms with Gasteiger partial charge >= 0.3 is 7.69 Å². The average molecular weight is 262 g/mol. The molecular formula is C16H11BO3. The van der Waals surface area contributed by atoms with Crippen molar-refractivity contribution in [1.29, 1.82) is 0 Å². The van der Waals surface area contributed by atoms with Crippen molar-refractivity contribution in [2.75, 3.05) is 0 Å². The van der Waals surface area contributed by atoms with Crippen molar-refractivity contribution in [3.8, 4) is 5.75 Å². The summed E-state index contributed by atoms with van der Waals surface area (Å²) in [4.78, 5) is 0. The quantitative estimate of drug-likeness (QED) is 0.563. The standard InChI is InChI=1S/C16H11BO3/c18-17-20-14-9-15-16(11-6-2-1-5-10(11)14)12-7-3-4-8-13(12)19-15/h1-9,17-18H. The smallest absolute Gasteiger partial charge is 0.504 e. The van der Waals surface area contributed by atoms with Crippen LogP contribution >= 0.6 is 0 Å². The van der Waals surface area contributed by atoms with Crippen LogP contribution in [0.4, 0.5) is 0 Å². The predicted octanol–water partition coefficient (Wildman–Crippen LogP) is 3.38. The zero-order valence-corrected chi connectivity index (χ0v) is 10.7. The molecule has 0 saturated carbocycles. The molecule has 0 saturated heterocycles. The van der Waals surface area contributed by atoms with E-state index in [1.54, 1.807) is 0 Å². The summed E-state index contributed by atoms with van der Waals surface area (Å²) >= 11 is 0. The molecule has 1 aromatic heterocycles. The van der Waals surface area contributed by atoms with Gasteiger partial charge in [-0.25, -0.2) is 0 Å². The largest absolute Gasteiger partial charge is 0.538 e. The van der Waals surface area contributed by atoms with Gasteiger partial charge in [-0.05, 0) is 11.5 Å². The van der Waals surface area contributed by atoms with Crippen LogP contribution in [0.15, 0.2) is 59.0 Å². The molecule has 3 aromatic carbocycles. The van der Waals surface area contributed by atoms with Crippen LogP contribution in [0.1, 0.15) is 0 Å². The Hall–Kier alpha value is -2.46. The molecule has 0 aliphatic heterocycles. The third-order valence-corrected chi connectivity index (χ3v) is 3.57. The molecule has 1 N–H and O–H groups in total. The third kappa shape index (κ3) is 1.52. The number of furan rings is 1. The minimum absolute atomic E-state index is 0.351. The lowest BCUT2D eigenvalue weighted by molar-refractivity contribution is 0.456. The molecule has 1 heterocycles. The SMILES string of the molecule is OBOc1cc2oc3ccccc3c2c2ccccc12. The van der Waals surface area contributed by atoms with Gasteiger partial charge in [-0.3, -0.25) is 0 Å². The Kier molecular flexibility index (Phi) is 2.44. The maximum atomic E-state index is 9.04. The highest BCUT2D eigenvalue weighted by atomic mass is 16.5. The molecule has 0 atom stereocenters. The van der Waals surface area contributed by atoms with E-state index >= 15 is 0 Å². The summed E-state index contributed by atoms with van der Waals surface area (Å²) in [6, 6.07) is 17.8. The maximum Gasteiger partial charge on any atom is 0.504 e. The van der Waals surface area contributed by atoms with E-state index in [0.717, 1.165) is 32.7 Å². The minimum atomic E-state index is -0.351. The van der Waals surface area contributed by atoms with E-state index < -0.39 is 0 Å². The maximum absolute atomic E-state index is 9.04. The van der Waals surface area contributed by atoms with Crippen molar-refractivity contribution in [2.45, 2.75) is 0 Å². The first-order chi connectivity index (χ1) is 9.88. The van der Waals surface area contributed by atoms with Crippen molar-refractivity contribution in [1.82, 2.24) is 0 Å². The Labute approximate surface area is 115 Å². The van der Waals surface area contributed by atoms with Crippen molar-refractivity contribution in [3.05, 3.63) is 54.6 Å². The van der Waals surface area contributed by atoms with Gasteiger partial charge in [0.2, 0.25) is 0 Å². The van der Waals surface area contributed by atoms with E-state index in [0.29, 0.717) is 5.75 Å². The van der Waals surface area contributed by atoms with Crippen molar-refractivity contribution in [2.24, 2.45) is 0 Å². The van der Waals surface area contributed by atoms with Gasteiger partial charge in [-0.2, -0.15) is 0 Å². The number of rotatable bonds is 2. The Morgan fingerprint density at radius 3 is 2.35 bits per heavy atom. The molecule has 0 bridgehead atoms. The van der Waals surface area contributed by atoms with E-state index in [1.165, 1.54) is 0 Å². The number of para-hydroxylation sites is 1. The summed E-state index contributed by atoms with van der Waals surface area (Å²) in [5.41, 5.74) is 1.63. The highest BCUT2D eigenvalue weighted by Crippen LogP contribution is 2.38. The molecule has 0 fully saturated rings. The second-order valence-electron chi connectivity index (χ2n) is 4.67. The van der Waals surface area contributed by atoms with Gasteiger partial charge in [0.15, 0.2) is 0 Å². The summed E-state index contributed by atoms with van der Waals surface area (Å²) in [6.45, 7) is 0. The van der Waals surface area contributed by atoms with Gasteiger partial charge < -0.3 is 14.1 Å². The number of benzene rings is 3.